The molecule has 1 aromatic rings. The van der Waals surface area contributed by atoms with Crippen LogP contribution in [0.3, 0.4) is 0 Å². The smallest absolute Gasteiger partial charge is 0.308 e. The van der Waals surface area contributed by atoms with Crippen LogP contribution in [0.25, 0.3) is 0 Å². The number of halogens is 3. The number of alkyl halides is 3. The Hall–Kier alpha value is -0.820. The van der Waals surface area contributed by atoms with E-state index in [2.05, 4.69) is 15.3 Å². The highest BCUT2D eigenvalue weighted by Crippen LogP contribution is 2.21. The number of thioether (sulfide) groups is 1. The number of hydrogen-bond donors (Lipinski definition) is 1. The zero-order chi connectivity index (χ0) is 14.6. The largest absolute Gasteiger partial charge is 0.401 e. The molecular formula is C12H18F3N3S. The third-order valence-corrected chi connectivity index (χ3v) is 3.64. The molecule has 0 radical (unpaired) electrons. The molecule has 3 nitrogen and oxygen atoms in total. The lowest BCUT2D eigenvalue weighted by molar-refractivity contribution is -0.124. The Morgan fingerprint density at radius 3 is 2.16 bits per heavy atom. The van der Waals surface area contributed by atoms with Gasteiger partial charge < -0.3 is 5.32 Å². The SMILES string of the molecule is Cc1nc(SC(C)CNCC(F)(F)F)nc(C)c1C. The molecule has 1 heterocycles. The Kier molecular flexibility index (Phi) is 5.61. The first-order valence-corrected chi connectivity index (χ1v) is 6.83. The first kappa shape index (κ1) is 16.2. The molecule has 0 amide bonds. The Labute approximate surface area is 115 Å². The summed E-state index contributed by atoms with van der Waals surface area (Å²) in [6, 6.07) is 0. The van der Waals surface area contributed by atoms with Gasteiger partial charge in [-0.2, -0.15) is 13.2 Å². The molecule has 0 fully saturated rings. The molecule has 7 heteroatoms. The highest BCUT2D eigenvalue weighted by Gasteiger charge is 2.26. The van der Waals surface area contributed by atoms with E-state index in [0.29, 0.717) is 5.16 Å². The highest BCUT2D eigenvalue weighted by molar-refractivity contribution is 7.99. The summed E-state index contributed by atoms with van der Waals surface area (Å²) in [5.74, 6) is 0. The Balaban J connectivity index is 2.51. The van der Waals surface area contributed by atoms with Crippen molar-refractivity contribution in [3.05, 3.63) is 17.0 Å². The second-order valence-electron chi connectivity index (χ2n) is 4.48. The van der Waals surface area contributed by atoms with E-state index < -0.39 is 12.7 Å². The monoisotopic (exact) mass is 293 g/mol. The van der Waals surface area contributed by atoms with Crippen molar-refractivity contribution in [1.29, 1.82) is 0 Å². The molecule has 0 aliphatic carbocycles. The van der Waals surface area contributed by atoms with E-state index >= 15 is 0 Å². The van der Waals surface area contributed by atoms with Crippen LogP contribution in [-0.2, 0) is 0 Å². The van der Waals surface area contributed by atoms with Crippen LogP contribution < -0.4 is 5.32 Å². The Bertz CT molecular complexity index is 412. The summed E-state index contributed by atoms with van der Waals surface area (Å²) in [4.78, 5) is 8.66. The van der Waals surface area contributed by atoms with E-state index in [9.17, 15) is 13.2 Å². The van der Waals surface area contributed by atoms with E-state index in [1.807, 2.05) is 27.7 Å². The van der Waals surface area contributed by atoms with Crippen LogP contribution in [0.2, 0.25) is 0 Å². The third-order valence-electron chi connectivity index (χ3n) is 2.68. The number of nitrogens with one attached hydrogen (secondary N) is 1. The number of hydrogen-bond acceptors (Lipinski definition) is 4. The van der Waals surface area contributed by atoms with Crippen molar-refractivity contribution in [2.24, 2.45) is 0 Å². The maximum Gasteiger partial charge on any atom is 0.401 e. The van der Waals surface area contributed by atoms with Crippen molar-refractivity contribution < 1.29 is 13.2 Å². The molecule has 0 bridgehead atoms. The molecule has 0 aliphatic heterocycles. The van der Waals surface area contributed by atoms with Crippen LogP contribution >= 0.6 is 11.8 Å². The van der Waals surface area contributed by atoms with Gasteiger partial charge in [0.05, 0.1) is 6.54 Å². The van der Waals surface area contributed by atoms with Crippen molar-refractivity contribution in [3.63, 3.8) is 0 Å². The summed E-state index contributed by atoms with van der Waals surface area (Å²) >= 11 is 1.38. The lowest BCUT2D eigenvalue weighted by Gasteiger charge is -2.14. The van der Waals surface area contributed by atoms with Gasteiger partial charge in [0.15, 0.2) is 5.16 Å². The second-order valence-corrected chi connectivity index (χ2v) is 5.88. The minimum atomic E-state index is -4.17. The topological polar surface area (TPSA) is 37.8 Å². The van der Waals surface area contributed by atoms with Gasteiger partial charge in [-0.05, 0) is 26.3 Å². The molecule has 1 rings (SSSR count). The predicted octanol–water partition coefficient (Wildman–Crippen LogP) is 3.03. The minimum absolute atomic E-state index is 0.0242. The van der Waals surface area contributed by atoms with Crippen molar-refractivity contribution in [2.75, 3.05) is 13.1 Å². The lowest BCUT2D eigenvalue weighted by atomic mass is 10.2. The number of nitrogens with zero attached hydrogens (tertiary/aromatic N) is 2. The average molecular weight is 293 g/mol. The van der Waals surface area contributed by atoms with E-state index in [0.717, 1.165) is 17.0 Å². The van der Waals surface area contributed by atoms with Gasteiger partial charge in [0.1, 0.15) is 0 Å². The molecule has 1 atom stereocenters. The standard InChI is InChI=1S/C12H18F3N3S/c1-7(5-16-6-12(13,14)15)19-11-17-9(3)8(2)10(4)18-11/h7,16H,5-6H2,1-4H3. The van der Waals surface area contributed by atoms with E-state index in [4.69, 9.17) is 0 Å². The Morgan fingerprint density at radius 1 is 1.16 bits per heavy atom. The minimum Gasteiger partial charge on any atom is -0.308 e. The summed E-state index contributed by atoms with van der Waals surface area (Å²) in [6.45, 7) is 6.90. The summed E-state index contributed by atoms with van der Waals surface area (Å²) in [5, 5.41) is 2.97. The third kappa shape index (κ3) is 5.78. The molecule has 108 valence electrons. The molecular weight excluding hydrogens is 275 g/mol. The summed E-state index contributed by atoms with van der Waals surface area (Å²) < 4.78 is 36.0. The van der Waals surface area contributed by atoms with Gasteiger partial charge in [-0.25, -0.2) is 9.97 Å². The maximum absolute atomic E-state index is 12.0. The van der Waals surface area contributed by atoms with Crippen molar-refractivity contribution in [2.45, 2.75) is 44.3 Å². The van der Waals surface area contributed by atoms with Gasteiger partial charge >= 0.3 is 6.18 Å². The number of rotatable bonds is 5. The first-order valence-electron chi connectivity index (χ1n) is 5.95. The van der Waals surface area contributed by atoms with Crippen LogP contribution in [-0.4, -0.2) is 34.5 Å². The summed E-state index contributed by atoms with van der Waals surface area (Å²) in [6.07, 6.45) is -4.17. The van der Waals surface area contributed by atoms with Crippen LogP contribution in [0, 0.1) is 20.8 Å². The van der Waals surface area contributed by atoms with Gasteiger partial charge in [-0.1, -0.05) is 18.7 Å². The second kappa shape index (κ2) is 6.56. The van der Waals surface area contributed by atoms with E-state index in [1.165, 1.54) is 11.8 Å². The molecule has 0 aromatic carbocycles. The summed E-state index contributed by atoms with van der Waals surface area (Å²) in [5.41, 5.74) is 2.86. The van der Waals surface area contributed by atoms with Gasteiger partial charge in [-0.3, -0.25) is 0 Å². The molecule has 0 aliphatic rings. The van der Waals surface area contributed by atoms with Crippen LogP contribution in [0.5, 0.6) is 0 Å². The molecule has 1 aromatic heterocycles. The number of aromatic nitrogens is 2. The molecule has 19 heavy (non-hydrogen) atoms. The van der Waals surface area contributed by atoms with Gasteiger partial charge in [0.2, 0.25) is 0 Å². The van der Waals surface area contributed by atoms with Crippen LogP contribution in [0.1, 0.15) is 23.9 Å². The zero-order valence-electron chi connectivity index (χ0n) is 11.4. The Morgan fingerprint density at radius 2 is 1.68 bits per heavy atom. The van der Waals surface area contributed by atoms with E-state index in [1.54, 1.807) is 0 Å². The molecule has 0 saturated heterocycles. The normalized spacial score (nSPS) is 13.6. The van der Waals surface area contributed by atoms with Gasteiger partial charge in [0.25, 0.3) is 0 Å². The maximum atomic E-state index is 12.0. The summed E-state index contributed by atoms with van der Waals surface area (Å²) in [7, 11) is 0. The van der Waals surface area contributed by atoms with Gasteiger partial charge in [0, 0.05) is 23.2 Å². The first-order chi connectivity index (χ1) is 8.69. The molecule has 1 unspecified atom stereocenters. The average Bonchev–Trinajstić information content (AvgIpc) is 2.23. The quantitative estimate of drug-likeness (QED) is 0.669. The van der Waals surface area contributed by atoms with Crippen molar-refractivity contribution in [1.82, 2.24) is 15.3 Å². The van der Waals surface area contributed by atoms with Crippen molar-refractivity contribution >= 4 is 11.8 Å². The van der Waals surface area contributed by atoms with E-state index in [-0.39, 0.29) is 11.8 Å². The van der Waals surface area contributed by atoms with Gasteiger partial charge in [-0.15, -0.1) is 0 Å². The predicted molar refractivity (Wildman–Crippen MR) is 70.5 cm³/mol. The van der Waals surface area contributed by atoms with Crippen LogP contribution in [0.4, 0.5) is 13.2 Å². The molecule has 0 saturated carbocycles. The fourth-order valence-corrected chi connectivity index (χ4v) is 2.37. The fourth-order valence-electron chi connectivity index (χ4n) is 1.43. The number of aryl methyl sites for hydroxylation is 2. The van der Waals surface area contributed by atoms with Crippen LogP contribution in [0.15, 0.2) is 5.16 Å². The zero-order valence-corrected chi connectivity index (χ0v) is 12.2. The fraction of sp³-hybridized carbons (Fsp3) is 0.667. The molecule has 1 N–H and O–H groups in total. The lowest BCUT2D eigenvalue weighted by Crippen LogP contribution is -2.32. The molecule has 0 spiro atoms. The highest BCUT2D eigenvalue weighted by atomic mass is 32.2. The van der Waals surface area contributed by atoms with Crippen molar-refractivity contribution in [3.8, 4) is 0 Å².